The fourth-order valence-electron chi connectivity index (χ4n) is 3.69. The van der Waals surface area contributed by atoms with E-state index in [1.165, 1.54) is 7.11 Å². The Morgan fingerprint density at radius 1 is 1.28 bits per heavy atom. The van der Waals surface area contributed by atoms with Crippen LogP contribution in [0.15, 0.2) is 54.7 Å². The lowest BCUT2D eigenvalue weighted by Gasteiger charge is -2.34. The second kappa shape index (κ2) is 8.74. The Morgan fingerprint density at radius 2 is 2.03 bits per heavy atom. The molecule has 0 saturated carbocycles. The Hall–Kier alpha value is -3.20. The molecule has 1 aliphatic rings. The first-order valence-corrected chi connectivity index (χ1v) is 10.2. The molecule has 1 amide bonds. The molecule has 2 heterocycles. The molecule has 32 heavy (non-hydrogen) atoms. The summed E-state index contributed by atoms with van der Waals surface area (Å²) in [7, 11) is 1.49. The van der Waals surface area contributed by atoms with Gasteiger partial charge in [0.2, 0.25) is 0 Å². The minimum Gasteiger partial charge on any atom is -0.497 e. The van der Waals surface area contributed by atoms with E-state index in [1.54, 1.807) is 48.5 Å². The number of anilines is 1. The summed E-state index contributed by atoms with van der Waals surface area (Å²) in [5.41, 5.74) is 1.47. The van der Waals surface area contributed by atoms with Gasteiger partial charge in [0.05, 0.1) is 19.3 Å². The maximum Gasteiger partial charge on any atom is 0.410 e. The van der Waals surface area contributed by atoms with Crippen molar-refractivity contribution in [3.8, 4) is 5.75 Å². The minimum absolute atomic E-state index is 0.0278. The first-order chi connectivity index (χ1) is 15.3. The van der Waals surface area contributed by atoms with Crippen molar-refractivity contribution in [3.63, 3.8) is 0 Å². The van der Waals surface area contributed by atoms with Crippen molar-refractivity contribution >= 4 is 23.3 Å². The van der Waals surface area contributed by atoms with E-state index in [-0.39, 0.29) is 24.3 Å². The van der Waals surface area contributed by atoms with Crippen LogP contribution in [0.3, 0.4) is 0 Å². The molecule has 0 radical (unpaired) electrons. The predicted octanol–water partition coefficient (Wildman–Crippen LogP) is 5.14. The fraction of sp³-hybridized carbons (Fsp3) is 0.273. The fourth-order valence-corrected chi connectivity index (χ4v) is 3.81. The van der Waals surface area contributed by atoms with Crippen LogP contribution >= 0.6 is 11.6 Å². The number of nitrogens with zero attached hydrogens (tertiary/aromatic N) is 2. The molecule has 6 nitrogen and oxygen atoms in total. The number of nitrogens with one attached hydrogen (secondary N) is 2. The number of amides is 1. The maximum atomic E-state index is 13.8. The number of rotatable bonds is 5. The second-order valence-electron chi connectivity index (χ2n) is 7.43. The van der Waals surface area contributed by atoms with E-state index < -0.39 is 24.2 Å². The molecule has 0 bridgehead atoms. The van der Waals surface area contributed by atoms with Gasteiger partial charge in [0, 0.05) is 18.0 Å². The number of carbonyl (C=O) groups excluding carboxylic acids is 1. The van der Waals surface area contributed by atoms with E-state index in [1.807, 2.05) is 0 Å². The van der Waals surface area contributed by atoms with Crippen molar-refractivity contribution in [2.75, 3.05) is 12.4 Å². The van der Waals surface area contributed by atoms with Crippen LogP contribution in [0.1, 0.15) is 40.0 Å². The van der Waals surface area contributed by atoms with Gasteiger partial charge >= 0.3 is 6.18 Å². The van der Waals surface area contributed by atoms with Gasteiger partial charge in [-0.2, -0.15) is 18.3 Å². The van der Waals surface area contributed by atoms with Gasteiger partial charge in [0.25, 0.3) is 5.91 Å². The van der Waals surface area contributed by atoms with Crippen molar-refractivity contribution in [1.82, 2.24) is 15.1 Å². The standard InChI is InChI=1S/C22H20ClF3N4O2/c1-32-16-4-2-3-14(9-16)18-10-19(22(24,25)26)30-20(29-18)17(12-28-30)21(31)27-11-13-5-7-15(23)8-6-13/h2-9,12,18-19,29H,10-11H2,1H3,(H,27,31)/t18-,19+/m0/s1. The number of ether oxygens (including phenoxy) is 1. The summed E-state index contributed by atoms with van der Waals surface area (Å²) in [6, 6.07) is 11.2. The molecule has 0 aliphatic carbocycles. The molecular weight excluding hydrogens is 445 g/mol. The van der Waals surface area contributed by atoms with E-state index in [0.29, 0.717) is 16.3 Å². The van der Waals surface area contributed by atoms with Gasteiger partial charge in [-0.1, -0.05) is 35.9 Å². The van der Waals surface area contributed by atoms with Gasteiger partial charge in [0.15, 0.2) is 6.04 Å². The molecule has 0 fully saturated rings. The summed E-state index contributed by atoms with van der Waals surface area (Å²) in [6.07, 6.45) is -3.64. The molecule has 1 aromatic heterocycles. The Labute approximate surface area is 187 Å². The molecule has 168 valence electrons. The number of halogens is 4. The van der Waals surface area contributed by atoms with Gasteiger partial charge in [-0.3, -0.25) is 4.79 Å². The molecular formula is C22H20ClF3N4O2. The van der Waals surface area contributed by atoms with Crippen LogP contribution in [-0.4, -0.2) is 29.0 Å². The maximum absolute atomic E-state index is 13.8. The van der Waals surface area contributed by atoms with E-state index in [4.69, 9.17) is 16.3 Å². The molecule has 0 saturated heterocycles. The van der Waals surface area contributed by atoms with Crippen molar-refractivity contribution in [2.24, 2.45) is 0 Å². The monoisotopic (exact) mass is 464 g/mol. The molecule has 2 atom stereocenters. The summed E-state index contributed by atoms with van der Waals surface area (Å²) in [5, 5.41) is 10.2. The highest BCUT2D eigenvalue weighted by Crippen LogP contribution is 2.44. The van der Waals surface area contributed by atoms with Crippen molar-refractivity contribution < 1.29 is 22.7 Å². The number of carbonyl (C=O) groups is 1. The SMILES string of the molecule is COc1cccc([C@@H]2C[C@H](C(F)(F)F)n3ncc(C(=O)NCc4ccc(Cl)cc4)c3N2)c1. The number of benzene rings is 2. The zero-order chi connectivity index (χ0) is 22.9. The van der Waals surface area contributed by atoms with E-state index in [2.05, 4.69) is 15.7 Å². The smallest absolute Gasteiger partial charge is 0.410 e. The van der Waals surface area contributed by atoms with E-state index in [0.717, 1.165) is 16.4 Å². The van der Waals surface area contributed by atoms with Crippen LogP contribution in [-0.2, 0) is 6.54 Å². The number of hydrogen-bond acceptors (Lipinski definition) is 4. The van der Waals surface area contributed by atoms with Crippen molar-refractivity contribution in [3.05, 3.63) is 76.4 Å². The molecule has 2 N–H and O–H groups in total. The lowest BCUT2D eigenvalue weighted by molar-refractivity contribution is -0.173. The van der Waals surface area contributed by atoms with Crippen LogP contribution < -0.4 is 15.4 Å². The second-order valence-corrected chi connectivity index (χ2v) is 7.86. The Balaban J connectivity index is 1.61. The Bertz CT molecular complexity index is 1120. The van der Waals surface area contributed by atoms with Crippen LogP contribution in [0, 0.1) is 0 Å². The number of methoxy groups -OCH3 is 1. The molecule has 1 aliphatic heterocycles. The topological polar surface area (TPSA) is 68.2 Å². The summed E-state index contributed by atoms with van der Waals surface area (Å²) >= 11 is 5.86. The van der Waals surface area contributed by atoms with E-state index >= 15 is 0 Å². The number of fused-ring (bicyclic) bond motifs is 1. The van der Waals surface area contributed by atoms with Gasteiger partial charge in [-0.25, -0.2) is 4.68 Å². The first-order valence-electron chi connectivity index (χ1n) is 9.83. The summed E-state index contributed by atoms with van der Waals surface area (Å²) in [4.78, 5) is 12.8. The Kier molecular flexibility index (Phi) is 6.01. The molecule has 4 rings (SSSR count). The molecule has 0 unspecified atom stereocenters. The quantitative estimate of drug-likeness (QED) is 0.549. The third-order valence-corrected chi connectivity index (χ3v) is 5.60. The van der Waals surface area contributed by atoms with Gasteiger partial charge in [0.1, 0.15) is 17.1 Å². The molecule has 3 aromatic rings. The minimum atomic E-state index is -4.53. The lowest BCUT2D eigenvalue weighted by atomic mass is 9.96. The Morgan fingerprint density at radius 3 is 2.72 bits per heavy atom. The summed E-state index contributed by atoms with van der Waals surface area (Å²) in [6.45, 7) is 0.197. The number of aromatic nitrogens is 2. The van der Waals surface area contributed by atoms with Crippen molar-refractivity contribution in [2.45, 2.75) is 31.2 Å². The van der Waals surface area contributed by atoms with Gasteiger partial charge in [-0.15, -0.1) is 0 Å². The number of alkyl halides is 3. The molecule has 10 heteroatoms. The van der Waals surface area contributed by atoms with Gasteiger partial charge in [-0.05, 0) is 35.4 Å². The lowest BCUT2D eigenvalue weighted by Crippen LogP contribution is -2.36. The average Bonchev–Trinajstić information content (AvgIpc) is 3.21. The van der Waals surface area contributed by atoms with Crippen LogP contribution in [0.4, 0.5) is 19.0 Å². The van der Waals surface area contributed by atoms with Crippen LogP contribution in [0.25, 0.3) is 0 Å². The third-order valence-electron chi connectivity index (χ3n) is 5.35. The molecule has 0 spiro atoms. The largest absolute Gasteiger partial charge is 0.497 e. The third kappa shape index (κ3) is 4.52. The van der Waals surface area contributed by atoms with Gasteiger partial charge < -0.3 is 15.4 Å². The zero-order valence-electron chi connectivity index (χ0n) is 17.0. The number of hydrogen-bond donors (Lipinski definition) is 2. The predicted molar refractivity (Wildman–Crippen MR) is 114 cm³/mol. The first kappa shape index (κ1) is 22.0. The molecule has 2 aromatic carbocycles. The summed E-state index contributed by atoms with van der Waals surface area (Å²) < 4.78 is 47.6. The van der Waals surface area contributed by atoms with Crippen LogP contribution in [0.5, 0.6) is 5.75 Å². The summed E-state index contributed by atoms with van der Waals surface area (Å²) in [5.74, 6) is 0.0359. The zero-order valence-corrected chi connectivity index (χ0v) is 17.7. The van der Waals surface area contributed by atoms with Crippen LogP contribution in [0.2, 0.25) is 5.02 Å². The highest BCUT2D eigenvalue weighted by atomic mass is 35.5. The van der Waals surface area contributed by atoms with Crippen molar-refractivity contribution in [1.29, 1.82) is 0 Å². The average molecular weight is 465 g/mol. The highest BCUT2D eigenvalue weighted by Gasteiger charge is 2.47. The highest BCUT2D eigenvalue weighted by molar-refractivity contribution is 6.30. The van der Waals surface area contributed by atoms with E-state index in [9.17, 15) is 18.0 Å². The normalized spacial score (nSPS) is 17.9.